The maximum atomic E-state index is 14.0. The third-order valence-electron chi connectivity index (χ3n) is 12.2. The van der Waals surface area contributed by atoms with Crippen LogP contribution in [0.5, 0.6) is 0 Å². The van der Waals surface area contributed by atoms with Gasteiger partial charge in [-0.3, -0.25) is 9.59 Å². The van der Waals surface area contributed by atoms with Crippen molar-refractivity contribution in [3.63, 3.8) is 0 Å². The molecule has 54 heavy (non-hydrogen) atoms. The predicted molar refractivity (Wildman–Crippen MR) is 208 cm³/mol. The number of hydrogen-bond acceptors (Lipinski definition) is 8. The number of nitriles is 1. The molecule has 280 valence electrons. The van der Waals surface area contributed by atoms with Gasteiger partial charge in [0.1, 0.15) is 6.04 Å². The van der Waals surface area contributed by atoms with Crippen molar-refractivity contribution in [2.45, 2.75) is 76.4 Å². The number of rotatable bonds is 11. The summed E-state index contributed by atoms with van der Waals surface area (Å²) in [7, 11) is 7.54. The summed E-state index contributed by atoms with van der Waals surface area (Å²) in [6, 6.07) is 21.0. The van der Waals surface area contributed by atoms with Crippen LogP contribution in [0.3, 0.4) is 0 Å². The summed E-state index contributed by atoms with van der Waals surface area (Å²) >= 11 is 0. The second-order valence-corrected chi connectivity index (χ2v) is 16.0. The van der Waals surface area contributed by atoms with E-state index in [0.29, 0.717) is 42.5 Å². The van der Waals surface area contributed by atoms with Gasteiger partial charge in [0.15, 0.2) is 5.82 Å². The van der Waals surface area contributed by atoms with Crippen LogP contribution in [0.2, 0.25) is 0 Å². The normalized spacial score (nSPS) is 23.0. The van der Waals surface area contributed by atoms with Gasteiger partial charge in [-0.2, -0.15) is 10.5 Å². The Balaban J connectivity index is 1.38. The third kappa shape index (κ3) is 6.57. The first-order chi connectivity index (χ1) is 25.8. The molecule has 4 aromatic rings. The molecule has 1 saturated heterocycles. The van der Waals surface area contributed by atoms with E-state index in [-0.39, 0.29) is 36.5 Å². The molecule has 2 N–H and O–H groups in total. The van der Waals surface area contributed by atoms with Gasteiger partial charge in [0.25, 0.3) is 5.91 Å². The highest BCUT2D eigenvalue weighted by Gasteiger charge is 2.60. The van der Waals surface area contributed by atoms with Crippen LogP contribution in [0.25, 0.3) is 5.70 Å². The number of likely N-dealkylation sites (tertiary alicyclic amines) is 1. The minimum atomic E-state index is -0.916. The Labute approximate surface area is 318 Å². The summed E-state index contributed by atoms with van der Waals surface area (Å²) in [6.45, 7) is 10.9. The topological polar surface area (TPSA) is 134 Å². The Morgan fingerprint density at radius 1 is 1.04 bits per heavy atom. The molecule has 2 amide bonds. The zero-order chi connectivity index (χ0) is 38.5. The molecule has 3 aromatic carbocycles. The molecule has 6 atom stereocenters. The highest BCUT2D eigenvalue weighted by Crippen LogP contribution is 2.53. The molecule has 0 bridgehead atoms. The summed E-state index contributed by atoms with van der Waals surface area (Å²) in [5.41, 5.74) is 9.35. The third-order valence-corrected chi connectivity index (χ3v) is 12.2. The Morgan fingerprint density at radius 3 is 2.41 bits per heavy atom. The Bertz CT molecular complexity index is 2120. The SMILES string of the molecule is C=C(c1cc2c(cc1C)C(C[C@@H](Cc1ccc(C)cc1)NCC(=O)N1C(C#N)CC3[C@@H]1[C@H]3C)(c1nn[nH]n1)c1ccc(C(=O)N(C)C)cc1CC2)N(C)C. The fourth-order valence-corrected chi connectivity index (χ4v) is 9.11. The van der Waals surface area contributed by atoms with Gasteiger partial charge in [-0.1, -0.05) is 60.7 Å². The van der Waals surface area contributed by atoms with Gasteiger partial charge in [-0.15, -0.1) is 10.2 Å². The molecule has 3 unspecified atom stereocenters. The fourth-order valence-electron chi connectivity index (χ4n) is 9.11. The van der Waals surface area contributed by atoms with Gasteiger partial charge in [0, 0.05) is 57.1 Å². The van der Waals surface area contributed by atoms with Crippen molar-refractivity contribution in [3.8, 4) is 6.07 Å². The van der Waals surface area contributed by atoms with Gasteiger partial charge >= 0.3 is 0 Å². The van der Waals surface area contributed by atoms with Crippen molar-refractivity contribution < 1.29 is 9.59 Å². The fraction of sp³-hybridized carbons (Fsp3) is 0.442. The number of carbonyl (C=O) groups is 2. The molecule has 1 aliphatic heterocycles. The predicted octanol–water partition coefficient (Wildman–Crippen LogP) is 4.83. The zero-order valence-corrected chi connectivity index (χ0v) is 32.5. The van der Waals surface area contributed by atoms with Crippen molar-refractivity contribution in [1.29, 1.82) is 5.26 Å². The second-order valence-electron chi connectivity index (χ2n) is 16.0. The van der Waals surface area contributed by atoms with Crippen LogP contribution in [0.1, 0.15) is 80.5 Å². The van der Waals surface area contributed by atoms with Gasteiger partial charge < -0.3 is 20.0 Å². The monoisotopic (exact) mass is 725 g/mol. The first-order valence-corrected chi connectivity index (χ1v) is 18.9. The lowest BCUT2D eigenvalue weighted by atomic mass is 9.66. The second kappa shape index (κ2) is 14.5. The summed E-state index contributed by atoms with van der Waals surface area (Å²) in [5, 5.41) is 30.0. The van der Waals surface area contributed by atoms with Crippen molar-refractivity contribution in [2.24, 2.45) is 11.8 Å². The Morgan fingerprint density at radius 2 is 1.76 bits per heavy atom. The number of hydrogen-bond donors (Lipinski definition) is 2. The maximum absolute atomic E-state index is 14.0. The van der Waals surface area contributed by atoms with E-state index in [9.17, 15) is 14.9 Å². The molecular weight excluding hydrogens is 675 g/mol. The number of piperidine rings is 1. The lowest BCUT2D eigenvalue weighted by molar-refractivity contribution is -0.131. The number of fused-ring (bicyclic) bond motifs is 3. The van der Waals surface area contributed by atoms with Crippen LogP contribution < -0.4 is 5.32 Å². The van der Waals surface area contributed by atoms with Crippen LogP contribution in [0.15, 0.2) is 61.2 Å². The number of aromatic nitrogens is 4. The quantitative estimate of drug-likeness (QED) is 0.225. The van der Waals surface area contributed by atoms with E-state index in [1.54, 1.807) is 19.0 Å². The number of benzene rings is 3. The van der Waals surface area contributed by atoms with E-state index >= 15 is 0 Å². The van der Waals surface area contributed by atoms with Gasteiger partial charge in [0.05, 0.1) is 18.0 Å². The highest BCUT2D eigenvalue weighted by atomic mass is 16.2. The Hall–Kier alpha value is -5.34. The molecule has 2 fully saturated rings. The molecule has 3 aliphatic rings. The standard InChI is InChI=1S/C43H51N9O2/c1-25-9-11-29(12-10-25)18-33(45-24-39(53)52-34(23-44)21-36-27(3)40(36)52)22-43(42-46-48-49-47-42)37-16-15-32(41(54)51(7)8)19-30(37)13-14-31-20-35(28(4)50(5)6)26(2)17-38(31)43/h9-12,15-17,19-20,27,33-34,36,40,45H,4,13-14,18,21-22,24H2,1-3,5-8H3,(H,46,47,48,49)/t27-,33+,34?,36?,40-,43?/m0/s1. The first kappa shape index (κ1) is 37.0. The maximum Gasteiger partial charge on any atom is 0.253 e. The molecule has 0 spiro atoms. The number of amides is 2. The lowest BCUT2D eigenvalue weighted by Crippen LogP contribution is -2.48. The Kier molecular flexibility index (Phi) is 9.92. The summed E-state index contributed by atoms with van der Waals surface area (Å²) in [6.07, 6.45) is 3.30. The number of tetrazole rings is 1. The van der Waals surface area contributed by atoms with Crippen LogP contribution in [-0.4, -0.2) is 100.0 Å². The number of carbonyl (C=O) groups excluding carboxylic acids is 2. The molecule has 2 aliphatic carbocycles. The van der Waals surface area contributed by atoms with Crippen LogP contribution in [0, 0.1) is 37.0 Å². The van der Waals surface area contributed by atoms with Gasteiger partial charge in [-0.25, -0.2) is 0 Å². The largest absolute Gasteiger partial charge is 0.378 e. The smallest absolute Gasteiger partial charge is 0.253 e. The van der Waals surface area contributed by atoms with Crippen LogP contribution in [-0.2, 0) is 29.5 Å². The van der Waals surface area contributed by atoms with Crippen molar-refractivity contribution >= 4 is 17.5 Å². The molecule has 1 saturated carbocycles. The molecule has 11 nitrogen and oxygen atoms in total. The lowest BCUT2D eigenvalue weighted by Gasteiger charge is -2.38. The number of aryl methyl sites for hydroxylation is 4. The highest BCUT2D eigenvalue weighted by molar-refractivity contribution is 5.94. The summed E-state index contributed by atoms with van der Waals surface area (Å²) in [5.74, 6) is 1.24. The van der Waals surface area contributed by atoms with E-state index in [1.807, 2.05) is 36.0 Å². The molecule has 7 rings (SSSR count). The summed E-state index contributed by atoms with van der Waals surface area (Å²) < 4.78 is 0. The van der Waals surface area contributed by atoms with E-state index in [0.717, 1.165) is 57.5 Å². The van der Waals surface area contributed by atoms with Crippen molar-refractivity contribution in [2.75, 3.05) is 34.7 Å². The average molecular weight is 726 g/mol. The van der Waals surface area contributed by atoms with E-state index < -0.39 is 5.41 Å². The van der Waals surface area contributed by atoms with Gasteiger partial charge in [0.2, 0.25) is 5.91 Å². The molecule has 0 radical (unpaired) electrons. The molecule has 1 aromatic heterocycles. The van der Waals surface area contributed by atoms with E-state index in [1.165, 1.54) is 5.56 Å². The van der Waals surface area contributed by atoms with E-state index in [2.05, 4.69) is 96.7 Å². The van der Waals surface area contributed by atoms with Crippen molar-refractivity contribution in [3.05, 3.63) is 117 Å². The van der Waals surface area contributed by atoms with E-state index in [4.69, 9.17) is 5.10 Å². The molecule has 11 heteroatoms. The zero-order valence-electron chi connectivity index (χ0n) is 32.5. The number of nitrogens with zero attached hydrogens (tertiary/aromatic N) is 7. The number of aromatic amines is 1. The number of H-pyrrole nitrogens is 1. The minimum absolute atomic E-state index is 0.0443. The van der Waals surface area contributed by atoms with Crippen LogP contribution >= 0.6 is 0 Å². The first-order valence-electron chi connectivity index (χ1n) is 18.9. The molecular formula is C43H51N9O2. The van der Waals surface area contributed by atoms with Gasteiger partial charge in [-0.05, 0) is 109 Å². The molecule has 2 heterocycles. The van der Waals surface area contributed by atoms with Crippen LogP contribution in [0.4, 0.5) is 0 Å². The van der Waals surface area contributed by atoms with Crippen molar-refractivity contribution in [1.82, 2.24) is 40.6 Å². The average Bonchev–Trinajstić information content (AvgIpc) is 3.49. The number of nitrogens with one attached hydrogen (secondary N) is 2. The minimum Gasteiger partial charge on any atom is -0.378 e. The summed E-state index contributed by atoms with van der Waals surface area (Å²) in [4.78, 5) is 32.8.